The molecule has 1 aromatic carbocycles. The van der Waals surface area contributed by atoms with E-state index >= 15 is 0 Å². The number of hydrogen-bond donors (Lipinski definition) is 1. The number of benzene rings is 1. The molecule has 1 saturated carbocycles. The summed E-state index contributed by atoms with van der Waals surface area (Å²) in [7, 11) is 0. The van der Waals surface area contributed by atoms with Gasteiger partial charge in [0.25, 0.3) is 0 Å². The van der Waals surface area contributed by atoms with Gasteiger partial charge in [0.05, 0.1) is 19.2 Å². The van der Waals surface area contributed by atoms with Gasteiger partial charge in [-0.3, -0.25) is 0 Å². The van der Waals surface area contributed by atoms with Crippen LogP contribution >= 0.6 is 0 Å². The summed E-state index contributed by atoms with van der Waals surface area (Å²) in [5.74, 6) is 0.364. The number of nitrogens with zero attached hydrogens (tertiary/aromatic N) is 4. The maximum absolute atomic E-state index is 14.1. The van der Waals surface area contributed by atoms with Crippen LogP contribution in [0.3, 0.4) is 0 Å². The van der Waals surface area contributed by atoms with Crippen molar-refractivity contribution in [2.75, 3.05) is 23.0 Å². The molecule has 2 aromatic rings. The predicted molar refractivity (Wildman–Crippen MR) is 99.7 cm³/mol. The van der Waals surface area contributed by atoms with Crippen LogP contribution in [-0.2, 0) is 6.54 Å². The first-order valence-corrected chi connectivity index (χ1v) is 9.56. The van der Waals surface area contributed by atoms with Gasteiger partial charge < -0.3 is 14.9 Å². The lowest BCUT2D eigenvalue weighted by Crippen LogP contribution is -2.42. The lowest BCUT2D eigenvalue weighted by atomic mass is 10.0. The maximum Gasteiger partial charge on any atom is 0.134 e. The standard InChI is InChI=1S/C20H24F2N4O/c21-17-5-3-6-18(22)16(17)11-26(14-7-8-14)20-10-19(23-13-24-20)25-9-2-1-4-15(25)12-27/h3,5-6,10,13-15,27H,1-2,4,7-9,11-12H2. The maximum atomic E-state index is 14.1. The molecule has 1 saturated heterocycles. The SMILES string of the molecule is OCC1CCCCN1c1cc(N(Cc2c(F)cccc2F)C2CC2)ncn1. The fraction of sp³-hybridized carbons (Fsp3) is 0.500. The summed E-state index contributed by atoms with van der Waals surface area (Å²) in [6.45, 7) is 1.07. The third-order valence-electron chi connectivity index (χ3n) is 5.44. The number of halogens is 2. The summed E-state index contributed by atoms with van der Waals surface area (Å²) in [4.78, 5) is 12.9. The van der Waals surface area contributed by atoms with Crippen LogP contribution in [0, 0.1) is 11.6 Å². The third-order valence-corrected chi connectivity index (χ3v) is 5.44. The summed E-state index contributed by atoms with van der Waals surface area (Å²) in [6, 6.07) is 6.12. The van der Waals surface area contributed by atoms with E-state index in [9.17, 15) is 13.9 Å². The van der Waals surface area contributed by atoms with Gasteiger partial charge in [0.1, 0.15) is 29.6 Å². The quantitative estimate of drug-likeness (QED) is 0.841. The van der Waals surface area contributed by atoms with Crippen LogP contribution in [0.2, 0.25) is 0 Å². The van der Waals surface area contributed by atoms with Gasteiger partial charge in [0.15, 0.2) is 0 Å². The topological polar surface area (TPSA) is 52.5 Å². The molecule has 2 heterocycles. The highest BCUT2D eigenvalue weighted by molar-refractivity contribution is 5.52. The van der Waals surface area contributed by atoms with Crippen molar-refractivity contribution in [3.8, 4) is 0 Å². The first-order valence-electron chi connectivity index (χ1n) is 9.56. The van der Waals surface area contributed by atoms with Gasteiger partial charge in [-0.2, -0.15) is 0 Å². The van der Waals surface area contributed by atoms with Gasteiger partial charge in [-0.1, -0.05) is 6.07 Å². The van der Waals surface area contributed by atoms with E-state index in [1.54, 1.807) is 0 Å². The molecule has 144 valence electrons. The average molecular weight is 374 g/mol. The summed E-state index contributed by atoms with van der Waals surface area (Å²) in [5.41, 5.74) is 0.0655. The highest BCUT2D eigenvalue weighted by atomic mass is 19.1. The number of aliphatic hydroxyl groups excluding tert-OH is 1. The Bertz CT molecular complexity index is 779. The molecule has 1 aliphatic carbocycles. The van der Waals surface area contributed by atoms with E-state index in [-0.39, 0.29) is 30.8 Å². The van der Waals surface area contributed by atoms with Gasteiger partial charge in [-0.05, 0) is 44.2 Å². The Morgan fingerprint density at radius 1 is 1.11 bits per heavy atom. The van der Waals surface area contributed by atoms with Crippen LogP contribution in [-0.4, -0.2) is 40.3 Å². The lowest BCUT2D eigenvalue weighted by Gasteiger charge is -2.36. The van der Waals surface area contributed by atoms with Crippen LogP contribution in [0.5, 0.6) is 0 Å². The number of anilines is 2. The van der Waals surface area contributed by atoms with E-state index in [4.69, 9.17) is 0 Å². The monoisotopic (exact) mass is 374 g/mol. The zero-order chi connectivity index (χ0) is 18.8. The molecule has 1 N–H and O–H groups in total. The van der Waals surface area contributed by atoms with Gasteiger partial charge in [-0.25, -0.2) is 18.7 Å². The van der Waals surface area contributed by atoms with Crippen molar-refractivity contribution in [1.29, 1.82) is 0 Å². The first-order chi connectivity index (χ1) is 13.2. The Morgan fingerprint density at radius 3 is 2.59 bits per heavy atom. The molecule has 1 aliphatic heterocycles. The summed E-state index contributed by atoms with van der Waals surface area (Å²) < 4.78 is 28.3. The minimum absolute atomic E-state index is 0.0555. The fourth-order valence-electron chi connectivity index (χ4n) is 3.78. The number of hydrogen-bond acceptors (Lipinski definition) is 5. The summed E-state index contributed by atoms with van der Waals surface area (Å²) in [5, 5.41) is 9.68. The predicted octanol–water partition coefficient (Wildman–Crippen LogP) is 3.28. The fourth-order valence-corrected chi connectivity index (χ4v) is 3.78. The molecule has 2 aliphatic rings. The molecule has 0 bridgehead atoms. The molecular formula is C20H24F2N4O. The second kappa shape index (κ2) is 7.76. The Labute approximate surface area is 157 Å². The van der Waals surface area contributed by atoms with Crippen LogP contribution in [0.25, 0.3) is 0 Å². The highest BCUT2D eigenvalue weighted by Gasteiger charge is 2.32. The second-order valence-corrected chi connectivity index (χ2v) is 7.32. The molecule has 4 rings (SSSR count). The highest BCUT2D eigenvalue weighted by Crippen LogP contribution is 2.34. The van der Waals surface area contributed by atoms with Crippen molar-refractivity contribution in [1.82, 2.24) is 9.97 Å². The molecule has 27 heavy (non-hydrogen) atoms. The summed E-state index contributed by atoms with van der Waals surface area (Å²) in [6.07, 6.45) is 6.56. The van der Waals surface area contributed by atoms with Gasteiger partial charge in [-0.15, -0.1) is 0 Å². The molecule has 5 nitrogen and oxygen atoms in total. The Hall–Kier alpha value is -2.28. The first kappa shape index (κ1) is 18.1. The van der Waals surface area contributed by atoms with E-state index in [1.807, 2.05) is 11.0 Å². The average Bonchev–Trinajstić information content (AvgIpc) is 3.53. The Balaban J connectivity index is 1.62. The van der Waals surface area contributed by atoms with E-state index < -0.39 is 11.6 Å². The second-order valence-electron chi connectivity index (χ2n) is 7.32. The zero-order valence-corrected chi connectivity index (χ0v) is 15.2. The van der Waals surface area contributed by atoms with E-state index in [2.05, 4.69) is 14.9 Å². The van der Waals surface area contributed by atoms with Gasteiger partial charge >= 0.3 is 0 Å². The molecule has 1 aromatic heterocycles. The molecule has 0 radical (unpaired) electrons. The Kier molecular flexibility index (Phi) is 5.20. The van der Waals surface area contributed by atoms with Crippen LogP contribution < -0.4 is 9.80 Å². The molecule has 1 unspecified atom stereocenters. The summed E-state index contributed by atoms with van der Waals surface area (Å²) >= 11 is 0. The van der Waals surface area contributed by atoms with Gasteiger partial charge in [0, 0.05) is 24.2 Å². The Morgan fingerprint density at radius 2 is 1.89 bits per heavy atom. The number of piperidine rings is 1. The molecular weight excluding hydrogens is 350 g/mol. The lowest BCUT2D eigenvalue weighted by molar-refractivity contribution is 0.239. The van der Waals surface area contributed by atoms with Gasteiger partial charge in [0.2, 0.25) is 0 Å². The molecule has 1 atom stereocenters. The van der Waals surface area contributed by atoms with E-state index in [0.717, 1.165) is 44.5 Å². The van der Waals surface area contributed by atoms with Crippen molar-refractivity contribution in [3.05, 3.63) is 47.8 Å². The molecule has 7 heteroatoms. The van der Waals surface area contributed by atoms with Crippen molar-refractivity contribution in [3.63, 3.8) is 0 Å². The van der Waals surface area contributed by atoms with Crippen molar-refractivity contribution < 1.29 is 13.9 Å². The van der Waals surface area contributed by atoms with Crippen LogP contribution in [0.4, 0.5) is 20.4 Å². The third kappa shape index (κ3) is 3.88. The van der Waals surface area contributed by atoms with Crippen molar-refractivity contribution >= 4 is 11.6 Å². The number of rotatable bonds is 6. The molecule has 0 amide bonds. The van der Waals surface area contributed by atoms with Crippen molar-refractivity contribution in [2.24, 2.45) is 0 Å². The van der Waals surface area contributed by atoms with Crippen LogP contribution in [0.15, 0.2) is 30.6 Å². The number of aliphatic hydroxyl groups is 1. The molecule has 2 fully saturated rings. The van der Waals surface area contributed by atoms with Crippen LogP contribution in [0.1, 0.15) is 37.7 Å². The zero-order valence-electron chi connectivity index (χ0n) is 15.2. The van der Waals surface area contributed by atoms with Crippen molar-refractivity contribution in [2.45, 2.75) is 50.7 Å². The smallest absolute Gasteiger partial charge is 0.134 e. The largest absolute Gasteiger partial charge is 0.394 e. The molecule has 0 spiro atoms. The number of aromatic nitrogens is 2. The minimum Gasteiger partial charge on any atom is -0.394 e. The van der Waals surface area contributed by atoms with E-state index in [1.165, 1.54) is 24.5 Å². The minimum atomic E-state index is -0.536. The van der Waals surface area contributed by atoms with E-state index in [0.29, 0.717) is 5.82 Å². The normalized spacial score (nSPS) is 20.0.